The summed E-state index contributed by atoms with van der Waals surface area (Å²) in [7, 11) is 5.02. The van der Waals surface area contributed by atoms with Crippen molar-refractivity contribution in [2.24, 2.45) is 5.92 Å². The average molecular weight is 263 g/mol. The first-order valence-electron chi connectivity index (χ1n) is 6.67. The van der Waals surface area contributed by atoms with Crippen LogP contribution in [0.1, 0.15) is 25.7 Å². The highest BCUT2D eigenvalue weighted by Gasteiger charge is 2.26. The standard InChI is InChI=1S/C15H21NO3/c1-16(15(17)11-6-4-5-7-11)12-8-9-13(18-2)14(10-12)19-3/h8-11H,4-7H2,1-3H3. The fourth-order valence-electron chi connectivity index (χ4n) is 2.61. The maximum absolute atomic E-state index is 12.4. The molecule has 0 aliphatic heterocycles. The Kier molecular flexibility index (Phi) is 4.30. The Bertz CT molecular complexity index is 453. The SMILES string of the molecule is COc1ccc(N(C)C(=O)C2CCCC2)cc1OC. The van der Waals surface area contributed by atoms with E-state index in [4.69, 9.17) is 9.47 Å². The summed E-state index contributed by atoms with van der Waals surface area (Å²) in [5.41, 5.74) is 0.842. The molecule has 0 spiro atoms. The second kappa shape index (κ2) is 5.95. The van der Waals surface area contributed by atoms with Crippen LogP contribution in [0.5, 0.6) is 11.5 Å². The zero-order chi connectivity index (χ0) is 13.8. The minimum absolute atomic E-state index is 0.179. The van der Waals surface area contributed by atoms with Gasteiger partial charge in [-0.2, -0.15) is 0 Å². The van der Waals surface area contributed by atoms with Gasteiger partial charge in [-0.15, -0.1) is 0 Å². The second-order valence-electron chi connectivity index (χ2n) is 4.92. The van der Waals surface area contributed by atoms with E-state index in [0.717, 1.165) is 31.4 Å². The summed E-state index contributed by atoms with van der Waals surface area (Å²) in [6, 6.07) is 5.55. The van der Waals surface area contributed by atoms with Gasteiger partial charge in [0.15, 0.2) is 11.5 Å². The molecule has 104 valence electrons. The van der Waals surface area contributed by atoms with Crippen molar-refractivity contribution >= 4 is 11.6 Å². The van der Waals surface area contributed by atoms with Crippen LogP contribution in [-0.2, 0) is 4.79 Å². The molecule has 19 heavy (non-hydrogen) atoms. The lowest BCUT2D eigenvalue weighted by Crippen LogP contribution is -2.31. The van der Waals surface area contributed by atoms with Gasteiger partial charge in [0.25, 0.3) is 0 Å². The predicted molar refractivity (Wildman–Crippen MR) is 74.9 cm³/mol. The first-order chi connectivity index (χ1) is 9.17. The molecule has 4 heteroatoms. The van der Waals surface area contributed by atoms with Crippen LogP contribution in [0.4, 0.5) is 5.69 Å². The third-order valence-electron chi connectivity index (χ3n) is 3.79. The van der Waals surface area contributed by atoms with Crippen molar-refractivity contribution in [2.45, 2.75) is 25.7 Å². The van der Waals surface area contributed by atoms with E-state index in [9.17, 15) is 4.79 Å². The minimum atomic E-state index is 0.179. The van der Waals surface area contributed by atoms with Gasteiger partial charge in [-0.05, 0) is 25.0 Å². The average Bonchev–Trinajstić information content (AvgIpc) is 2.99. The largest absolute Gasteiger partial charge is 0.493 e. The molecular formula is C15H21NO3. The number of nitrogens with zero attached hydrogens (tertiary/aromatic N) is 1. The molecule has 1 amide bonds. The first-order valence-corrected chi connectivity index (χ1v) is 6.67. The topological polar surface area (TPSA) is 38.8 Å². The molecule has 0 heterocycles. The Balaban J connectivity index is 2.18. The van der Waals surface area contributed by atoms with Gasteiger partial charge in [0.05, 0.1) is 14.2 Å². The van der Waals surface area contributed by atoms with E-state index in [1.54, 1.807) is 19.1 Å². The Morgan fingerprint density at radius 1 is 1.16 bits per heavy atom. The van der Waals surface area contributed by atoms with Crippen molar-refractivity contribution in [1.82, 2.24) is 0 Å². The quantitative estimate of drug-likeness (QED) is 0.838. The van der Waals surface area contributed by atoms with Crippen molar-refractivity contribution in [3.8, 4) is 11.5 Å². The number of methoxy groups -OCH3 is 2. The summed E-state index contributed by atoms with van der Waals surface area (Å²) >= 11 is 0. The Labute approximate surface area is 114 Å². The molecule has 4 nitrogen and oxygen atoms in total. The van der Waals surface area contributed by atoms with Crippen LogP contribution in [0.25, 0.3) is 0 Å². The van der Waals surface area contributed by atoms with Crippen molar-refractivity contribution in [3.63, 3.8) is 0 Å². The van der Waals surface area contributed by atoms with Crippen LogP contribution < -0.4 is 14.4 Å². The van der Waals surface area contributed by atoms with Crippen LogP contribution in [0.15, 0.2) is 18.2 Å². The molecule has 1 saturated carbocycles. The lowest BCUT2D eigenvalue weighted by Gasteiger charge is -2.22. The molecule has 1 fully saturated rings. The summed E-state index contributed by atoms with van der Waals surface area (Å²) in [4.78, 5) is 14.1. The molecule has 2 rings (SSSR count). The number of hydrogen-bond donors (Lipinski definition) is 0. The van der Waals surface area contributed by atoms with Crippen molar-refractivity contribution < 1.29 is 14.3 Å². The Hall–Kier alpha value is -1.71. The molecule has 0 atom stereocenters. The summed E-state index contributed by atoms with van der Waals surface area (Å²) in [5.74, 6) is 1.70. The molecular weight excluding hydrogens is 242 g/mol. The zero-order valence-corrected chi connectivity index (χ0v) is 11.8. The number of ether oxygens (including phenoxy) is 2. The fourth-order valence-corrected chi connectivity index (χ4v) is 2.61. The van der Waals surface area contributed by atoms with Crippen LogP contribution in [0, 0.1) is 5.92 Å². The lowest BCUT2D eigenvalue weighted by atomic mass is 10.1. The Morgan fingerprint density at radius 3 is 2.37 bits per heavy atom. The van der Waals surface area contributed by atoms with Crippen molar-refractivity contribution in [3.05, 3.63) is 18.2 Å². The molecule has 0 N–H and O–H groups in total. The van der Waals surface area contributed by atoms with E-state index >= 15 is 0 Å². The van der Waals surface area contributed by atoms with Gasteiger partial charge in [-0.25, -0.2) is 0 Å². The van der Waals surface area contributed by atoms with Crippen molar-refractivity contribution in [1.29, 1.82) is 0 Å². The van der Waals surface area contributed by atoms with Crippen LogP contribution in [0.2, 0.25) is 0 Å². The third kappa shape index (κ3) is 2.83. The van der Waals surface area contributed by atoms with Crippen LogP contribution >= 0.6 is 0 Å². The van der Waals surface area contributed by atoms with E-state index < -0.39 is 0 Å². The molecule has 1 aliphatic rings. The van der Waals surface area contributed by atoms with Crippen LogP contribution in [-0.4, -0.2) is 27.2 Å². The van der Waals surface area contributed by atoms with Gasteiger partial charge in [0, 0.05) is 24.7 Å². The molecule has 0 bridgehead atoms. The van der Waals surface area contributed by atoms with E-state index in [0.29, 0.717) is 11.5 Å². The maximum Gasteiger partial charge on any atom is 0.229 e. The summed E-state index contributed by atoms with van der Waals surface area (Å²) in [6.07, 6.45) is 4.35. The minimum Gasteiger partial charge on any atom is -0.493 e. The van der Waals surface area contributed by atoms with Gasteiger partial charge in [-0.3, -0.25) is 4.79 Å². The van der Waals surface area contributed by atoms with E-state index in [1.165, 1.54) is 0 Å². The van der Waals surface area contributed by atoms with Gasteiger partial charge < -0.3 is 14.4 Å². The third-order valence-corrected chi connectivity index (χ3v) is 3.79. The maximum atomic E-state index is 12.4. The molecule has 0 aromatic heterocycles. The fraction of sp³-hybridized carbons (Fsp3) is 0.533. The van der Waals surface area contributed by atoms with Crippen molar-refractivity contribution in [2.75, 3.05) is 26.2 Å². The highest BCUT2D eigenvalue weighted by Crippen LogP contribution is 2.33. The lowest BCUT2D eigenvalue weighted by molar-refractivity contribution is -0.121. The highest BCUT2D eigenvalue weighted by molar-refractivity contribution is 5.95. The van der Waals surface area contributed by atoms with Gasteiger partial charge in [-0.1, -0.05) is 12.8 Å². The normalized spacial score (nSPS) is 15.3. The molecule has 0 unspecified atom stereocenters. The molecule has 0 radical (unpaired) electrons. The molecule has 1 aliphatic carbocycles. The summed E-state index contributed by atoms with van der Waals surface area (Å²) in [5, 5.41) is 0. The highest BCUT2D eigenvalue weighted by atomic mass is 16.5. The van der Waals surface area contributed by atoms with E-state index in [-0.39, 0.29) is 11.8 Å². The smallest absolute Gasteiger partial charge is 0.229 e. The van der Waals surface area contributed by atoms with E-state index in [1.807, 2.05) is 25.2 Å². The van der Waals surface area contributed by atoms with Gasteiger partial charge in [0.2, 0.25) is 5.91 Å². The molecule has 1 aromatic rings. The summed E-state index contributed by atoms with van der Waals surface area (Å²) < 4.78 is 10.5. The number of amides is 1. The number of benzene rings is 1. The van der Waals surface area contributed by atoms with Gasteiger partial charge in [0.1, 0.15) is 0 Å². The molecule has 1 aromatic carbocycles. The number of carbonyl (C=O) groups excluding carboxylic acids is 1. The second-order valence-corrected chi connectivity index (χ2v) is 4.92. The molecule has 0 saturated heterocycles. The number of hydrogen-bond acceptors (Lipinski definition) is 3. The Morgan fingerprint density at radius 2 is 1.79 bits per heavy atom. The number of anilines is 1. The zero-order valence-electron chi connectivity index (χ0n) is 11.8. The van der Waals surface area contributed by atoms with Gasteiger partial charge >= 0.3 is 0 Å². The monoisotopic (exact) mass is 263 g/mol. The predicted octanol–water partition coefficient (Wildman–Crippen LogP) is 2.86. The number of carbonyl (C=O) groups is 1. The van der Waals surface area contributed by atoms with Crippen LogP contribution in [0.3, 0.4) is 0 Å². The summed E-state index contributed by atoms with van der Waals surface area (Å²) in [6.45, 7) is 0. The first kappa shape index (κ1) is 13.7. The number of rotatable bonds is 4. The van der Waals surface area contributed by atoms with E-state index in [2.05, 4.69) is 0 Å².